The standard InChI is InChI=1S/C24H29N3O3/c1-4-30-23(28)21-20(16-27(17(2)3)15-18-11-7-5-8-12-18)25-24(29)26-22(21)19-13-9-6-10-14-19/h5-14,17,22H,4,15-16H2,1-3H3,(H2,25,26,29). The van der Waals surface area contributed by atoms with Crippen molar-refractivity contribution in [2.75, 3.05) is 13.2 Å². The van der Waals surface area contributed by atoms with Crippen LogP contribution in [0.5, 0.6) is 0 Å². The van der Waals surface area contributed by atoms with Crippen molar-refractivity contribution >= 4 is 12.0 Å². The molecule has 2 amide bonds. The number of carbonyl (C=O) groups excluding carboxylic acids is 2. The maximum absolute atomic E-state index is 12.9. The highest BCUT2D eigenvalue weighted by Crippen LogP contribution is 2.28. The molecule has 6 nitrogen and oxygen atoms in total. The van der Waals surface area contributed by atoms with Crippen LogP contribution in [0.3, 0.4) is 0 Å². The second-order valence-corrected chi connectivity index (χ2v) is 7.54. The largest absolute Gasteiger partial charge is 0.463 e. The number of ether oxygens (including phenoxy) is 1. The van der Waals surface area contributed by atoms with Crippen molar-refractivity contribution in [1.29, 1.82) is 0 Å². The average Bonchev–Trinajstić information content (AvgIpc) is 2.74. The number of esters is 1. The Balaban J connectivity index is 1.98. The van der Waals surface area contributed by atoms with Gasteiger partial charge >= 0.3 is 12.0 Å². The van der Waals surface area contributed by atoms with E-state index in [9.17, 15) is 9.59 Å². The summed E-state index contributed by atoms with van der Waals surface area (Å²) in [5.74, 6) is -0.419. The van der Waals surface area contributed by atoms with E-state index in [2.05, 4.69) is 41.5 Å². The van der Waals surface area contributed by atoms with E-state index >= 15 is 0 Å². The van der Waals surface area contributed by atoms with Crippen LogP contribution in [0.2, 0.25) is 0 Å². The molecule has 158 valence electrons. The number of urea groups is 1. The highest BCUT2D eigenvalue weighted by atomic mass is 16.5. The molecule has 2 N–H and O–H groups in total. The van der Waals surface area contributed by atoms with Gasteiger partial charge in [0, 0.05) is 24.8 Å². The van der Waals surface area contributed by atoms with Crippen molar-refractivity contribution < 1.29 is 14.3 Å². The lowest BCUT2D eigenvalue weighted by atomic mass is 9.95. The summed E-state index contributed by atoms with van der Waals surface area (Å²) in [6.45, 7) is 7.38. The molecule has 6 heteroatoms. The van der Waals surface area contributed by atoms with Gasteiger partial charge in [0.25, 0.3) is 0 Å². The number of rotatable bonds is 8. The Hall–Kier alpha value is -3.12. The fourth-order valence-electron chi connectivity index (χ4n) is 3.53. The van der Waals surface area contributed by atoms with Gasteiger partial charge < -0.3 is 15.4 Å². The van der Waals surface area contributed by atoms with Crippen molar-refractivity contribution in [3.63, 3.8) is 0 Å². The summed E-state index contributed by atoms with van der Waals surface area (Å²) in [5.41, 5.74) is 3.04. The van der Waals surface area contributed by atoms with Crippen LogP contribution in [0.15, 0.2) is 71.9 Å². The van der Waals surface area contributed by atoms with Gasteiger partial charge in [-0.2, -0.15) is 0 Å². The minimum absolute atomic E-state index is 0.211. The van der Waals surface area contributed by atoms with Crippen molar-refractivity contribution in [2.24, 2.45) is 0 Å². The normalized spacial score (nSPS) is 16.4. The first-order chi connectivity index (χ1) is 14.5. The maximum atomic E-state index is 12.9. The Morgan fingerprint density at radius 2 is 1.67 bits per heavy atom. The van der Waals surface area contributed by atoms with Gasteiger partial charge in [-0.15, -0.1) is 0 Å². The molecule has 0 radical (unpaired) electrons. The maximum Gasteiger partial charge on any atom is 0.338 e. The third-order valence-corrected chi connectivity index (χ3v) is 5.10. The molecule has 1 aliphatic rings. The van der Waals surface area contributed by atoms with Crippen molar-refractivity contribution in [3.05, 3.63) is 83.1 Å². The van der Waals surface area contributed by atoms with Crippen molar-refractivity contribution in [2.45, 2.75) is 39.4 Å². The molecule has 0 saturated carbocycles. The molecule has 0 fully saturated rings. The molecule has 3 rings (SSSR count). The topological polar surface area (TPSA) is 70.7 Å². The number of nitrogens with zero attached hydrogens (tertiary/aromatic N) is 1. The smallest absolute Gasteiger partial charge is 0.338 e. The number of nitrogens with one attached hydrogen (secondary N) is 2. The average molecular weight is 408 g/mol. The van der Waals surface area contributed by atoms with Gasteiger partial charge in [0.15, 0.2) is 0 Å². The van der Waals surface area contributed by atoms with Gasteiger partial charge in [0.1, 0.15) is 0 Å². The van der Waals surface area contributed by atoms with E-state index in [1.807, 2.05) is 48.5 Å². The van der Waals surface area contributed by atoms with Crippen LogP contribution < -0.4 is 10.6 Å². The predicted octanol–water partition coefficient (Wildman–Crippen LogP) is 3.77. The van der Waals surface area contributed by atoms with Crippen molar-refractivity contribution in [1.82, 2.24) is 15.5 Å². The van der Waals surface area contributed by atoms with E-state index in [1.54, 1.807) is 6.92 Å². The lowest BCUT2D eigenvalue weighted by molar-refractivity contribution is -0.139. The molecule has 0 saturated heterocycles. The Kier molecular flexibility index (Phi) is 7.25. The molecular weight excluding hydrogens is 378 g/mol. The summed E-state index contributed by atoms with van der Waals surface area (Å²) in [7, 11) is 0. The molecule has 1 atom stereocenters. The van der Waals surface area contributed by atoms with Crippen LogP contribution in [-0.4, -0.2) is 36.1 Å². The first-order valence-corrected chi connectivity index (χ1v) is 10.3. The lowest BCUT2D eigenvalue weighted by Gasteiger charge is -2.33. The lowest BCUT2D eigenvalue weighted by Crippen LogP contribution is -2.49. The Morgan fingerprint density at radius 1 is 1.03 bits per heavy atom. The zero-order valence-electron chi connectivity index (χ0n) is 17.7. The third-order valence-electron chi connectivity index (χ3n) is 5.10. The Morgan fingerprint density at radius 3 is 2.27 bits per heavy atom. The zero-order chi connectivity index (χ0) is 21.5. The molecule has 1 heterocycles. The van der Waals surface area contributed by atoms with Crippen molar-refractivity contribution in [3.8, 4) is 0 Å². The number of hydrogen-bond donors (Lipinski definition) is 2. The predicted molar refractivity (Wildman–Crippen MR) is 116 cm³/mol. The molecule has 1 aliphatic heterocycles. The van der Waals surface area contributed by atoms with Gasteiger partial charge in [-0.3, -0.25) is 4.90 Å². The summed E-state index contributed by atoms with van der Waals surface area (Å²) in [4.78, 5) is 27.6. The summed E-state index contributed by atoms with van der Waals surface area (Å²) < 4.78 is 5.35. The summed E-state index contributed by atoms with van der Waals surface area (Å²) in [5, 5.41) is 5.74. The van der Waals surface area contributed by atoms with Crippen LogP contribution in [0.25, 0.3) is 0 Å². The second kappa shape index (κ2) is 10.1. The van der Waals surface area contributed by atoms with E-state index in [4.69, 9.17) is 4.74 Å². The molecule has 1 unspecified atom stereocenters. The third kappa shape index (κ3) is 5.27. The van der Waals surface area contributed by atoms with Crippen LogP contribution in [0.1, 0.15) is 37.9 Å². The number of amides is 2. The van der Waals surface area contributed by atoms with E-state index in [0.717, 1.165) is 5.56 Å². The molecule has 0 spiro atoms. The van der Waals surface area contributed by atoms with Crippen LogP contribution in [0.4, 0.5) is 4.79 Å². The molecular formula is C24H29N3O3. The van der Waals surface area contributed by atoms with Crippen LogP contribution >= 0.6 is 0 Å². The highest BCUT2D eigenvalue weighted by Gasteiger charge is 2.34. The van der Waals surface area contributed by atoms with E-state index in [0.29, 0.717) is 24.4 Å². The number of carbonyl (C=O) groups is 2. The summed E-state index contributed by atoms with van der Waals surface area (Å²) >= 11 is 0. The minimum atomic E-state index is -0.556. The molecule has 0 aliphatic carbocycles. The molecule has 30 heavy (non-hydrogen) atoms. The van der Waals surface area contributed by atoms with E-state index in [-0.39, 0.29) is 18.7 Å². The van der Waals surface area contributed by atoms with Gasteiger partial charge in [-0.25, -0.2) is 9.59 Å². The first-order valence-electron chi connectivity index (χ1n) is 10.3. The Labute approximate surface area is 177 Å². The van der Waals surface area contributed by atoms with Gasteiger partial charge in [-0.1, -0.05) is 60.7 Å². The van der Waals surface area contributed by atoms with Gasteiger partial charge in [-0.05, 0) is 31.9 Å². The quantitative estimate of drug-likeness (QED) is 0.654. The van der Waals surface area contributed by atoms with E-state index < -0.39 is 12.0 Å². The molecule has 0 aromatic heterocycles. The molecule has 2 aromatic rings. The molecule has 2 aromatic carbocycles. The summed E-state index contributed by atoms with van der Waals surface area (Å²) in [6.07, 6.45) is 0. The van der Waals surface area contributed by atoms with E-state index in [1.165, 1.54) is 5.56 Å². The second-order valence-electron chi connectivity index (χ2n) is 7.54. The van der Waals surface area contributed by atoms with Gasteiger partial charge in [0.05, 0.1) is 18.2 Å². The molecule has 0 bridgehead atoms. The number of benzene rings is 2. The van der Waals surface area contributed by atoms with Gasteiger partial charge in [0.2, 0.25) is 0 Å². The SMILES string of the molecule is CCOC(=O)C1=C(CN(Cc2ccccc2)C(C)C)NC(=O)NC1c1ccccc1. The fourth-order valence-corrected chi connectivity index (χ4v) is 3.53. The fraction of sp³-hybridized carbons (Fsp3) is 0.333. The Bertz CT molecular complexity index is 894. The first kappa shape index (κ1) is 21.6. The zero-order valence-corrected chi connectivity index (χ0v) is 17.7. The minimum Gasteiger partial charge on any atom is -0.463 e. The highest BCUT2D eigenvalue weighted by molar-refractivity contribution is 5.95. The van der Waals surface area contributed by atoms with Crippen LogP contribution in [-0.2, 0) is 16.1 Å². The monoisotopic (exact) mass is 407 g/mol. The number of hydrogen-bond acceptors (Lipinski definition) is 4. The summed E-state index contributed by atoms with van der Waals surface area (Å²) in [6, 6.07) is 19.0. The van der Waals surface area contributed by atoms with Crippen LogP contribution in [0, 0.1) is 0 Å².